The van der Waals surface area contributed by atoms with E-state index >= 15 is 0 Å². The molecule has 1 rings (SSSR count). The van der Waals surface area contributed by atoms with Crippen LogP contribution in [0.5, 0.6) is 0 Å². The summed E-state index contributed by atoms with van der Waals surface area (Å²) in [4.78, 5) is 16.1. The Hall–Kier alpha value is -1.09. The molecule has 1 aromatic rings. The predicted octanol–water partition coefficient (Wildman–Crippen LogP) is 3.04. The second-order valence-electron chi connectivity index (χ2n) is 3.04. The first kappa shape index (κ1) is 12.0. The van der Waals surface area contributed by atoms with E-state index in [-0.39, 0.29) is 5.78 Å². The van der Waals surface area contributed by atoms with Crippen LogP contribution in [0.4, 0.5) is 0 Å². The van der Waals surface area contributed by atoms with Gasteiger partial charge in [0.1, 0.15) is 0 Å². The molecule has 15 heavy (non-hydrogen) atoms. The van der Waals surface area contributed by atoms with E-state index in [1.165, 1.54) is 0 Å². The van der Waals surface area contributed by atoms with Crippen LogP contribution in [0.2, 0.25) is 0 Å². The van der Waals surface area contributed by atoms with Gasteiger partial charge < -0.3 is 0 Å². The Balaban J connectivity index is 2.67. The van der Waals surface area contributed by atoms with E-state index in [9.17, 15) is 4.79 Å². The molecule has 2 nitrogen and oxygen atoms in total. The van der Waals surface area contributed by atoms with E-state index in [2.05, 4.69) is 4.99 Å². The van der Waals surface area contributed by atoms with Gasteiger partial charge in [0.25, 0.3) is 0 Å². The molecule has 3 heteroatoms. The van der Waals surface area contributed by atoms with Gasteiger partial charge in [-0.1, -0.05) is 30.3 Å². The van der Waals surface area contributed by atoms with Crippen molar-refractivity contribution >= 4 is 22.6 Å². The molecule has 0 N–H and O–H groups in total. The van der Waals surface area contributed by atoms with Crippen LogP contribution in [0.25, 0.3) is 0 Å². The molecule has 0 radical (unpaired) electrons. The summed E-state index contributed by atoms with van der Waals surface area (Å²) < 4.78 is 0. The minimum atomic E-state index is 0.136. The summed E-state index contributed by atoms with van der Waals surface area (Å²) >= 11 is 1.55. The molecule has 0 atom stereocenters. The van der Waals surface area contributed by atoms with E-state index in [1.807, 2.05) is 43.5 Å². The lowest BCUT2D eigenvalue weighted by Gasteiger charge is -2.02. The first-order valence-electron chi connectivity index (χ1n) is 4.93. The fourth-order valence-corrected chi connectivity index (χ4v) is 1.77. The Labute approximate surface area is 94.8 Å². The number of thioether (sulfide) groups is 1. The second kappa shape index (κ2) is 6.40. The maximum atomic E-state index is 11.8. The van der Waals surface area contributed by atoms with Crippen molar-refractivity contribution in [3.63, 3.8) is 0 Å². The summed E-state index contributed by atoms with van der Waals surface area (Å²) in [5.74, 6) is 0.136. The van der Waals surface area contributed by atoms with Gasteiger partial charge in [0.15, 0.2) is 5.78 Å². The van der Waals surface area contributed by atoms with Gasteiger partial charge in [-0.05, 0) is 13.2 Å². The lowest BCUT2D eigenvalue weighted by molar-refractivity contribution is 0.100. The van der Waals surface area contributed by atoms with Crippen LogP contribution < -0.4 is 0 Å². The molecule has 0 aliphatic rings. The zero-order valence-electron chi connectivity index (χ0n) is 9.06. The summed E-state index contributed by atoms with van der Waals surface area (Å²) in [6, 6.07) is 9.34. The molecule has 0 heterocycles. The Morgan fingerprint density at radius 2 is 2.00 bits per heavy atom. The van der Waals surface area contributed by atoms with Crippen LogP contribution in [-0.4, -0.2) is 23.6 Å². The summed E-state index contributed by atoms with van der Waals surface area (Å²) in [5, 5.41) is 0.909. The Kier molecular flexibility index (Phi) is 5.12. The molecule has 0 saturated heterocycles. The maximum Gasteiger partial charge on any atom is 0.169 e. The monoisotopic (exact) mass is 221 g/mol. The molecule has 0 aliphatic carbocycles. The van der Waals surface area contributed by atoms with Crippen molar-refractivity contribution in [3.05, 3.63) is 35.9 Å². The van der Waals surface area contributed by atoms with Crippen molar-refractivity contribution in [2.45, 2.75) is 13.3 Å². The SMILES string of the molecule is CCN=C(CC(=O)c1ccccc1)SC. The van der Waals surface area contributed by atoms with Crippen molar-refractivity contribution in [1.82, 2.24) is 0 Å². The van der Waals surface area contributed by atoms with Crippen LogP contribution in [0.15, 0.2) is 35.3 Å². The maximum absolute atomic E-state index is 11.8. The number of nitrogens with zero attached hydrogens (tertiary/aromatic N) is 1. The van der Waals surface area contributed by atoms with Gasteiger partial charge >= 0.3 is 0 Å². The van der Waals surface area contributed by atoms with Crippen molar-refractivity contribution in [2.24, 2.45) is 4.99 Å². The molecule has 0 fully saturated rings. The number of carbonyl (C=O) groups excluding carboxylic acids is 1. The molecule has 1 aromatic carbocycles. The lowest BCUT2D eigenvalue weighted by atomic mass is 10.1. The number of rotatable bonds is 4. The van der Waals surface area contributed by atoms with E-state index in [1.54, 1.807) is 11.8 Å². The highest BCUT2D eigenvalue weighted by Gasteiger charge is 2.08. The van der Waals surface area contributed by atoms with E-state index in [0.717, 1.165) is 17.2 Å². The fraction of sp³-hybridized carbons (Fsp3) is 0.333. The normalized spacial score (nSPS) is 11.5. The molecule has 0 saturated carbocycles. The summed E-state index contributed by atoms with van der Waals surface area (Å²) in [7, 11) is 0. The zero-order chi connectivity index (χ0) is 11.1. The largest absolute Gasteiger partial charge is 0.294 e. The van der Waals surface area contributed by atoms with Gasteiger partial charge in [0.2, 0.25) is 0 Å². The van der Waals surface area contributed by atoms with Gasteiger partial charge in [-0.25, -0.2) is 0 Å². The van der Waals surface area contributed by atoms with E-state index < -0.39 is 0 Å². The Morgan fingerprint density at radius 1 is 1.33 bits per heavy atom. The van der Waals surface area contributed by atoms with Gasteiger partial charge in [-0.2, -0.15) is 0 Å². The zero-order valence-corrected chi connectivity index (χ0v) is 9.88. The number of Topliss-reactive ketones (excluding diaryl/α,β-unsaturated/α-hetero) is 1. The first-order valence-corrected chi connectivity index (χ1v) is 6.16. The molecular formula is C12H15NOS. The first-order chi connectivity index (χ1) is 7.27. The topological polar surface area (TPSA) is 29.4 Å². The van der Waals surface area contributed by atoms with E-state index in [0.29, 0.717) is 6.42 Å². The van der Waals surface area contributed by atoms with Crippen molar-refractivity contribution in [1.29, 1.82) is 0 Å². The minimum Gasteiger partial charge on any atom is -0.294 e. The van der Waals surface area contributed by atoms with Crippen LogP contribution in [0, 0.1) is 0 Å². The highest BCUT2D eigenvalue weighted by Crippen LogP contribution is 2.09. The molecule has 0 aromatic heterocycles. The molecule has 0 bridgehead atoms. The number of aliphatic imine (C=N–C) groups is 1. The molecule has 0 aliphatic heterocycles. The molecular weight excluding hydrogens is 206 g/mol. The third kappa shape index (κ3) is 3.88. The second-order valence-corrected chi connectivity index (χ2v) is 3.92. The molecule has 0 unspecified atom stereocenters. The third-order valence-electron chi connectivity index (χ3n) is 1.98. The number of benzene rings is 1. The van der Waals surface area contributed by atoms with Crippen LogP contribution in [-0.2, 0) is 0 Å². The van der Waals surface area contributed by atoms with Crippen LogP contribution >= 0.6 is 11.8 Å². The standard InChI is InChI=1S/C12H15NOS/c1-3-13-12(15-2)9-11(14)10-7-5-4-6-8-10/h4-8H,3,9H2,1-2H3. The fourth-order valence-electron chi connectivity index (χ4n) is 1.23. The number of hydrogen-bond donors (Lipinski definition) is 0. The quantitative estimate of drug-likeness (QED) is 0.444. The van der Waals surface area contributed by atoms with Crippen molar-refractivity contribution in [3.8, 4) is 0 Å². The van der Waals surface area contributed by atoms with Crippen molar-refractivity contribution < 1.29 is 4.79 Å². The Bertz CT molecular complexity index is 346. The van der Waals surface area contributed by atoms with E-state index in [4.69, 9.17) is 0 Å². The summed E-state index contributed by atoms with van der Waals surface area (Å²) in [6.07, 6.45) is 2.37. The summed E-state index contributed by atoms with van der Waals surface area (Å²) in [6.45, 7) is 2.71. The molecule has 0 amide bonds. The van der Waals surface area contributed by atoms with Gasteiger partial charge in [0.05, 0.1) is 11.5 Å². The van der Waals surface area contributed by atoms with Gasteiger partial charge in [-0.15, -0.1) is 11.8 Å². The highest BCUT2D eigenvalue weighted by atomic mass is 32.2. The Morgan fingerprint density at radius 3 is 2.53 bits per heavy atom. The van der Waals surface area contributed by atoms with Gasteiger partial charge in [0, 0.05) is 12.1 Å². The number of ketones is 1. The smallest absolute Gasteiger partial charge is 0.169 e. The van der Waals surface area contributed by atoms with Crippen LogP contribution in [0.1, 0.15) is 23.7 Å². The summed E-state index contributed by atoms with van der Waals surface area (Å²) in [5.41, 5.74) is 0.760. The minimum absolute atomic E-state index is 0.136. The highest BCUT2D eigenvalue weighted by molar-refractivity contribution is 8.13. The molecule has 0 spiro atoms. The average Bonchev–Trinajstić information content (AvgIpc) is 2.29. The van der Waals surface area contributed by atoms with Gasteiger partial charge in [-0.3, -0.25) is 9.79 Å². The average molecular weight is 221 g/mol. The van der Waals surface area contributed by atoms with Crippen LogP contribution in [0.3, 0.4) is 0 Å². The number of carbonyl (C=O) groups is 1. The lowest BCUT2D eigenvalue weighted by Crippen LogP contribution is -2.05. The number of hydrogen-bond acceptors (Lipinski definition) is 3. The predicted molar refractivity (Wildman–Crippen MR) is 66.9 cm³/mol. The third-order valence-corrected chi connectivity index (χ3v) is 2.72. The molecule has 80 valence electrons. The van der Waals surface area contributed by atoms with Crippen molar-refractivity contribution in [2.75, 3.05) is 12.8 Å².